The van der Waals surface area contributed by atoms with Crippen LogP contribution >= 0.6 is 0 Å². The molecule has 2 heterocycles. The summed E-state index contributed by atoms with van der Waals surface area (Å²) in [6.45, 7) is 9.82. The second-order valence-electron chi connectivity index (χ2n) is 4.83. The topological polar surface area (TPSA) is 33.1 Å². The molecular weight excluding hydrogens is 212 g/mol. The van der Waals surface area contributed by atoms with Crippen molar-refractivity contribution in [2.24, 2.45) is 0 Å². The van der Waals surface area contributed by atoms with E-state index < -0.39 is 0 Å². The van der Waals surface area contributed by atoms with Gasteiger partial charge in [-0.05, 0) is 39.8 Å². The van der Waals surface area contributed by atoms with Crippen LogP contribution in [0.2, 0.25) is 0 Å². The van der Waals surface area contributed by atoms with E-state index in [1.807, 2.05) is 0 Å². The molecule has 96 valence electrons. The molecule has 0 spiro atoms. The molecule has 1 aromatic rings. The third kappa shape index (κ3) is 3.46. The summed E-state index contributed by atoms with van der Waals surface area (Å²) in [6, 6.07) is 0. The van der Waals surface area contributed by atoms with E-state index in [1.54, 1.807) is 0 Å². The van der Waals surface area contributed by atoms with E-state index in [9.17, 15) is 0 Å². The van der Waals surface area contributed by atoms with Gasteiger partial charge in [-0.15, -0.1) is 0 Å². The lowest BCUT2D eigenvalue weighted by Gasteiger charge is -2.26. The number of hydrogen-bond acceptors (Lipinski definition) is 3. The Morgan fingerprint density at radius 2 is 2.00 bits per heavy atom. The average Bonchev–Trinajstić information content (AvgIpc) is 2.69. The van der Waals surface area contributed by atoms with E-state index in [2.05, 4.69) is 39.8 Å². The van der Waals surface area contributed by atoms with Crippen LogP contribution in [-0.4, -0.2) is 40.6 Å². The van der Waals surface area contributed by atoms with Gasteiger partial charge in [0.2, 0.25) is 5.95 Å². The largest absolute Gasteiger partial charge is 0.356 e. The zero-order valence-corrected chi connectivity index (χ0v) is 11.1. The van der Waals surface area contributed by atoms with Gasteiger partial charge in [0.25, 0.3) is 0 Å². The fourth-order valence-corrected chi connectivity index (χ4v) is 2.45. The van der Waals surface area contributed by atoms with Crippen LogP contribution in [0.25, 0.3) is 0 Å². The highest BCUT2D eigenvalue weighted by Gasteiger charge is 2.11. The number of piperidine rings is 1. The van der Waals surface area contributed by atoms with Crippen LogP contribution in [0.1, 0.15) is 31.9 Å². The molecule has 0 aliphatic carbocycles. The number of anilines is 1. The first-order chi connectivity index (χ1) is 8.29. The maximum absolute atomic E-state index is 4.50. The van der Waals surface area contributed by atoms with Gasteiger partial charge < -0.3 is 14.8 Å². The summed E-state index contributed by atoms with van der Waals surface area (Å²) < 4.78 is 2.24. The van der Waals surface area contributed by atoms with Crippen molar-refractivity contribution >= 4 is 5.95 Å². The molecule has 0 radical (unpaired) electrons. The van der Waals surface area contributed by atoms with Crippen LogP contribution in [0, 0.1) is 6.92 Å². The summed E-state index contributed by atoms with van der Waals surface area (Å²) in [5.74, 6) is 1.02. The molecule has 2 rings (SSSR count). The van der Waals surface area contributed by atoms with Gasteiger partial charge in [0.15, 0.2) is 0 Å². The lowest BCUT2D eigenvalue weighted by atomic mass is 10.1. The van der Waals surface area contributed by atoms with E-state index in [0.717, 1.165) is 31.3 Å². The van der Waals surface area contributed by atoms with Gasteiger partial charge >= 0.3 is 0 Å². The summed E-state index contributed by atoms with van der Waals surface area (Å²) in [6.07, 6.45) is 6.28. The number of hydrogen-bond donors (Lipinski definition) is 1. The van der Waals surface area contributed by atoms with Gasteiger partial charge in [0.1, 0.15) is 0 Å². The second kappa shape index (κ2) is 6.05. The molecule has 1 saturated heterocycles. The van der Waals surface area contributed by atoms with Gasteiger partial charge in [-0.3, -0.25) is 0 Å². The normalized spacial score (nSPS) is 17.3. The number of rotatable bonds is 5. The van der Waals surface area contributed by atoms with E-state index >= 15 is 0 Å². The first-order valence-electron chi connectivity index (χ1n) is 6.79. The van der Waals surface area contributed by atoms with Crippen LogP contribution < -0.4 is 5.32 Å². The maximum Gasteiger partial charge on any atom is 0.203 e. The van der Waals surface area contributed by atoms with Crippen molar-refractivity contribution in [2.75, 3.05) is 31.5 Å². The van der Waals surface area contributed by atoms with Crippen molar-refractivity contribution in [1.82, 2.24) is 14.5 Å². The Balaban J connectivity index is 1.88. The molecule has 0 amide bonds. The summed E-state index contributed by atoms with van der Waals surface area (Å²) >= 11 is 0. The van der Waals surface area contributed by atoms with Crippen LogP contribution in [0.15, 0.2) is 6.20 Å². The first kappa shape index (κ1) is 12.4. The number of likely N-dealkylation sites (tertiary alicyclic amines) is 1. The zero-order valence-electron chi connectivity index (χ0n) is 11.1. The summed E-state index contributed by atoms with van der Waals surface area (Å²) in [4.78, 5) is 7.06. The van der Waals surface area contributed by atoms with E-state index in [-0.39, 0.29) is 0 Å². The standard InChI is InChI=1S/C13H24N4/c1-3-14-13-15-12(2)11-17(13)10-9-16-7-5-4-6-8-16/h11H,3-10H2,1-2H3,(H,14,15). The quantitative estimate of drug-likeness (QED) is 0.850. The molecule has 0 unspecified atom stereocenters. The molecule has 0 saturated carbocycles. The third-order valence-corrected chi connectivity index (χ3v) is 3.34. The number of imidazole rings is 1. The van der Waals surface area contributed by atoms with E-state index in [0.29, 0.717) is 0 Å². The van der Waals surface area contributed by atoms with Crippen molar-refractivity contribution in [1.29, 1.82) is 0 Å². The highest BCUT2D eigenvalue weighted by molar-refractivity contribution is 5.28. The predicted molar refractivity (Wildman–Crippen MR) is 71.4 cm³/mol. The monoisotopic (exact) mass is 236 g/mol. The third-order valence-electron chi connectivity index (χ3n) is 3.34. The number of aryl methyl sites for hydroxylation is 1. The highest BCUT2D eigenvalue weighted by Crippen LogP contribution is 2.11. The van der Waals surface area contributed by atoms with E-state index in [1.165, 1.54) is 32.4 Å². The van der Waals surface area contributed by atoms with Crippen molar-refractivity contribution in [2.45, 2.75) is 39.7 Å². The second-order valence-corrected chi connectivity index (χ2v) is 4.83. The Kier molecular flexibility index (Phi) is 4.42. The minimum atomic E-state index is 0.931. The first-order valence-corrected chi connectivity index (χ1v) is 6.79. The molecule has 1 aliphatic heterocycles. The SMILES string of the molecule is CCNc1nc(C)cn1CCN1CCCCC1. The van der Waals surface area contributed by atoms with Gasteiger partial charge in [-0.1, -0.05) is 6.42 Å². The highest BCUT2D eigenvalue weighted by atomic mass is 15.2. The molecule has 1 fully saturated rings. The van der Waals surface area contributed by atoms with Crippen molar-refractivity contribution in [3.8, 4) is 0 Å². The smallest absolute Gasteiger partial charge is 0.203 e. The average molecular weight is 236 g/mol. The molecular formula is C13H24N4. The number of aromatic nitrogens is 2. The predicted octanol–water partition coefficient (Wildman–Crippen LogP) is 2.11. The van der Waals surface area contributed by atoms with Gasteiger partial charge in [-0.25, -0.2) is 4.98 Å². The molecule has 4 nitrogen and oxygen atoms in total. The van der Waals surface area contributed by atoms with Crippen LogP contribution in [0.5, 0.6) is 0 Å². The molecule has 0 bridgehead atoms. The van der Waals surface area contributed by atoms with Gasteiger partial charge in [0.05, 0.1) is 5.69 Å². The lowest BCUT2D eigenvalue weighted by Crippen LogP contribution is -2.32. The Morgan fingerprint density at radius 1 is 1.24 bits per heavy atom. The molecule has 1 N–H and O–H groups in total. The Labute approximate surface area is 104 Å². The summed E-state index contributed by atoms with van der Waals surface area (Å²) in [5.41, 5.74) is 1.10. The Bertz CT molecular complexity index is 339. The molecule has 4 heteroatoms. The zero-order chi connectivity index (χ0) is 12.1. The minimum Gasteiger partial charge on any atom is -0.356 e. The van der Waals surface area contributed by atoms with Crippen LogP contribution in [0.4, 0.5) is 5.95 Å². The minimum absolute atomic E-state index is 0.931. The lowest BCUT2D eigenvalue weighted by molar-refractivity contribution is 0.221. The molecule has 0 aromatic carbocycles. The van der Waals surface area contributed by atoms with Crippen molar-refractivity contribution in [3.63, 3.8) is 0 Å². The van der Waals surface area contributed by atoms with Gasteiger partial charge in [-0.2, -0.15) is 0 Å². The molecule has 17 heavy (non-hydrogen) atoms. The fourth-order valence-electron chi connectivity index (χ4n) is 2.45. The molecule has 1 aromatic heterocycles. The van der Waals surface area contributed by atoms with Crippen LogP contribution in [-0.2, 0) is 6.54 Å². The molecule has 1 aliphatic rings. The Hall–Kier alpha value is -1.03. The van der Waals surface area contributed by atoms with E-state index in [4.69, 9.17) is 0 Å². The summed E-state index contributed by atoms with van der Waals surface area (Å²) in [7, 11) is 0. The Morgan fingerprint density at radius 3 is 2.71 bits per heavy atom. The number of nitrogens with zero attached hydrogens (tertiary/aromatic N) is 3. The van der Waals surface area contributed by atoms with Crippen molar-refractivity contribution in [3.05, 3.63) is 11.9 Å². The number of nitrogens with one attached hydrogen (secondary N) is 1. The van der Waals surface area contributed by atoms with Crippen molar-refractivity contribution < 1.29 is 0 Å². The van der Waals surface area contributed by atoms with Crippen LogP contribution in [0.3, 0.4) is 0 Å². The fraction of sp³-hybridized carbons (Fsp3) is 0.769. The van der Waals surface area contributed by atoms with Gasteiger partial charge in [0, 0.05) is 25.8 Å². The molecule has 0 atom stereocenters. The summed E-state index contributed by atoms with van der Waals surface area (Å²) in [5, 5.41) is 3.32. The maximum atomic E-state index is 4.50.